The average molecular weight is 287 g/mol. The summed E-state index contributed by atoms with van der Waals surface area (Å²) in [6.07, 6.45) is 5.99. The monoisotopic (exact) mass is 286 g/mol. The summed E-state index contributed by atoms with van der Waals surface area (Å²) >= 11 is 6.12. The normalized spacial score (nSPS) is 16.0. The van der Waals surface area contributed by atoms with Crippen LogP contribution in [0.5, 0.6) is 0 Å². The van der Waals surface area contributed by atoms with E-state index in [0.717, 1.165) is 31.6 Å². The molecule has 0 saturated carbocycles. The van der Waals surface area contributed by atoms with E-state index in [1.54, 1.807) is 6.07 Å². The number of piperidine rings is 1. The van der Waals surface area contributed by atoms with Gasteiger partial charge < -0.3 is 9.88 Å². The fourth-order valence-corrected chi connectivity index (χ4v) is 2.90. The number of benzene rings is 1. The van der Waals surface area contributed by atoms with Crippen molar-refractivity contribution < 1.29 is 0 Å². The molecular formula is C15H15ClN4. The quantitative estimate of drug-likeness (QED) is 0.923. The highest BCUT2D eigenvalue weighted by atomic mass is 35.5. The number of nitrogens with one attached hydrogen (secondary N) is 1. The molecule has 4 nitrogen and oxygen atoms in total. The van der Waals surface area contributed by atoms with E-state index in [0.29, 0.717) is 16.5 Å². The Kier molecular flexibility index (Phi) is 3.72. The number of halogens is 1. The fourth-order valence-electron chi connectivity index (χ4n) is 2.69. The molecule has 2 aromatic rings. The summed E-state index contributed by atoms with van der Waals surface area (Å²) in [6.45, 7) is 2.09. The number of hydrogen-bond acceptors (Lipinski definition) is 3. The van der Waals surface area contributed by atoms with Gasteiger partial charge in [0.25, 0.3) is 0 Å². The van der Waals surface area contributed by atoms with Gasteiger partial charge in [-0.1, -0.05) is 11.6 Å². The Hall–Kier alpha value is -1.83. The highest BCUT2D eigenvalue weighted by Gasteiger charge is 2.19. The minimum Gasteiger partial charge on any atom is -0.317 e. The van der Waals surface area contributed by atoms with Crippen molar-refractivity contribution in [1.82, 2.24) is 14.9 Å². The molecule has 102 valence electrons. The van der Waals surface area contributed by atoms with Crippen LogP contribution in [0.4, 0.5) is 0 Å². The third-order valence-electron chi connectivity index (χ3n) is 3.78. The van der Waals surface area contributed by atoms with Crippen molar-refractivity contribution in [3.63, 3.8) is 0 Å². The molecule has 1 fully saturated rings. The second-order valence-electron chi connectivity index (χ2n) is 4.99. The first-order valence-electron chi connectivity index (χ1n) is 6.72. The van der Waals surface area contributed by atoms with Gasteiger partial charge in [0, 0.05) is 23.5 Å². The molecule has 1 aliphatic rings. The zero-order valence-electron chi connectivity index (χ0n) is 11.0. The van der Waals surface area contributed by atoms with Crippen LogP contribution in [0.1, 0.15) is 30.0 Å². The van der Waals surface area contributed by atoms with E-state index in [1.165, 1.54) is 5.69 Å². The Morgan fingerprint density at radius 3 is 2.85 bits per heavy atom. The lowest BCUT2D eigenvalue weighted by atomic mass is 9.95. The summed E-state index contributed by atoms with van der Waals surface area (Å²) in [6, 6.07) is 7.57. The molecule has 20 heavy (non-hydrogen) atoms. The lowest BCUT2D eigenvalue weighted by molar-refractivity contribution is 0.449. The molecule has 1 aromatic carbocycles. The number of hydrogen-bond donors (Lipinski definition) is 1. The molecule has 0 radical (unpaired) electrons. The SMILES string of the molecule is N#Cc1ccc(-n2cncc2C2CCNCC2)cc1Cl. The molecule has 2 heterocycles. The minimum absolute atomic E-state index is 0.481. The van der Waals surface area contributed by atoms with E-state index in [-0.39, 0.29) is 0 Å². The molecule has 0 bridgehead atoms. The van der Waals surface area contributed by atoms with Gasteiger partial charge in [0.15, 0.2) is 0 Å². The summed E-state index contributed by atoms with van der Waals surface area (Å²) in [5, 5.41) is 12.8. The van der Waals surface area contributed by atoms with Gasteiger partial charge >= 0.3 is 0 Å². The lowest BCUT2D eigenvalue weighted by Crippen LogP contribution is -2.27. The zero-order chi connectivity index (χ0) is 13.9. The summed E-state index contributed by atoms with van der Waals surface area (Å²) in [5.74, 6) is 0.521. The second-order valence-corrected chi connectivity index (χ2v) is 5.40. The molecule has 1 aliphatic heterocycles. The first kappa shape index (κ1) is 13.2. The Morgan fingerprint density at radius 2 is 2.15 bits per heavy atom. The molecule has 3 rings (SSSR count). The molecule has 0 aliphatic carbocycles. The molecule has 0 atom stereocenters. The van der Waals surface area contributed by atoms with Crippen LogP contribution < -0.4 is 5.32 Å². The Balaban J connectivity index is 1.97. The highest BCUT2D eigenvalue weighted by molar-refractivity contribution is 6.31. The molecule has 5 heteroatoms. The maximum atomic E-state index is 8.94. The smallest absolute Gasteiger partial charge is 0.101 e. The van der Waals surface area contributed by atoms with Crippen LogP contribution in [0.25, 0.3) is 5.69 Å². The van der Waals surface area contributed by atoms with Gasteiger partial charge in [-0.05, 0) is 44.1 Å². The number of rotatable bonds is 2. The van der Waals surface area contributed by atoms with Gasteiger partial charge in [-0.15, -0.1) is 0 Å². The van der Waals surface area contributed by atoms with Crippen molar-refractivity contribution in [1.29, 1.82) is 5.26 Å². The van der Waals surface area contributed by atoms with E-state index in [2.05, 4.69) is 20.9 Å². The molecule has 1 N–H and O–H groups in total. The van der Waals surface area contributed by atoms with Gasteiger partial charge in [-0.3, -0.25) is 0 Å². The topological polar surface area (TPSA) is 53.6 Å². The van der Waals surface area contributed by atoms with Crippen molar-refractivity contribution in [2.45, 2.75) is 18.8 Å². The van der Waals surface area contributed by atoms with Gasteiger partial charge in [0.1, 0.15) is 6.07 Å². The van der Waals surface area contributed by atoms with Crippen LogP contribution in [0.3, 0.4) is 0 Å². The summed E-state index contributed by atoms with van der Waals surface area (Å²) in [7, 11) is 0. The van der Waals surface area contributed by atoms with Crippen molar-refractivity contribution in [2.75, 3.05) is 13.1 Å². The standard InChI is InChI=1S/C15H15ClN4/c16-14-7-13(2-1-12(14)8-17)20-10-19-9-15(20)11-3-5-18-6-4-11/h1-2,7,9-11,18H,3-6H2. The minimum atomic E-state index is 0.481. The number of nitriles is 1. The van der Waals surface area contributed by atoms with Gasteiger partial charge in [-0.2, -0.15) is 5.26 Å². The van der Waals surface area contributed by atoms with Crippen molar-refractivity contribution in [3.05, 3.63) is 47.0 Å². The lowest BCUT2D eigenvalue weighted by Gasteiger charge is -2.23. The van der Waals surface area contributed by atoms with E-state index in [4.69, 9.17) is 16.9 Å². The fraction of sp³-hybridized carbons (Fsp3) is 0.333. The van der Waals surface area contributed by atoms with Crippen LogP contribution in [-0.4, -0.2) is 22.6 Å². The van der Waals surface area contributed by atoms with Crippen LogP contribution >= 0.6 is 11.6 Å². The van der Waals surface area contributed by atoms with E-state index >= 15 is 0 Å². The summed E-state index contributed by atoms with van der Waals surface area (Å²) in [4.78, 5) is 4.28. The Bertz CT molecular complexity index is 650. The van der Waals surface area contributed by atoms with Crippen LogP contribution in [0.2, 0.25) is 5.02 Å². The predicted molar refractivity (Wildman–Crippen MR) is 78.1 cm³/mol. The van der Waals surface area contributed by atoms with Crippen molar-refractivity contribution in [2.24, 2.45) is 0 Å². The third-order valence-corrected chi connectivity index (χ3v) is 4.09. The zero-order valence-corrected chi connectivity index (χ0v) is 11.8. The van der Waals surface area contributed by atoms with Crippen molar-refractivity contribution >= 4 is 11.6 Å². The predicted octanol–water partition coefficient (Wildman–Crippen LogP) is 2.86. The molecular weight excluding hydrogens is 272 g/mol. The third kappa shape index (κ3) is 2.43. The molecule has 0 spiro atoms. The largest absolute Gasteiger partial charge is 0.317 e. The van der Waals surface area contributed by atoms with Crippen LogP contribution in [-0.2, 0) is 0 Å². The Morgan fingerprint density at radius 1 is 1.35 bits per heavy atom. The summed E-state index contributed by atoms with van der Waals surface area (Å²) < 4.78 is 2.07. The number of nitrogens with zero attached hydrogens (tertiary/aromatic N) is 3. The second kappa shape index (κ2) is 5.66. The first-order chi connectivity index (χ1) is 9.79. The average Bonchev–Trinajstić information content (AvgIpc) is 2.97. The van der Waals surface area contributed by atoms with Gasteiger partial charge in [-0.25, -0.2) is 4.98 Å². The van der Waals surface area contributed by atoms with Gasteiger partial charge in [0.2, 0.25) is 0 Å². The molecule has 0 unspecified atom stereocenters. The Labute approximate surface area is 123 Å². The van der Waals surface area contributed by atoms with Gasteiger partial charge in [0.05, 0.1) is 16.9 Å². The number of imidazole rings is 1. The first-order valence-corrected chi connectivity index (χ1v) is 7.10. The van der Waals surface area contributed by atoms with Crippen molar-refractivity contribution in [3.8, 4) is 11.8 Å². The maximum Gasteiger partial charge on any atom is 0.101 e. The summed E-state index contributed by atoms with van der Waals surface area (Å²) in [5.41, 5.74) is 2.67. The van der Waals surface area contributed by atoms with Crippen LogP contribution in [0, 0.1) is 11.3 Å². The van der Waals surface area contributed by atoms with E-state index in [9.17, 15) is 0 Å². The van der Waals surface area contributed by atoms with E-state index < -0.39 is 0 Å². The molecule has 1 aromatic heterocycles. The maximum absolute atomic E-state index is 8.94. The van der Waals surface area contributed by atoms with Crippen LogP contribution in [0.15, 0.2) is 30.7 Å². The highest BCUT2D eigenvalue weighted by Crippen LogP contribution is 2.28. The number of aromatic nitrogens is 2. The van der Waals surface area contributed by atoms with E-state index in [1.807, 2.05) is 24.7 Å². The molecule has 1 saturated heterocycles. The molecule has 0 amide bonds.